The Morgan fingerprint density at radius 2 is 1.71 bits per heavy atom. The Bertz CT molecular complexity index is 1240. The summed E-state index contributed by atoms with van der Waals surface area (Å²) in [7, 11) is 1.58. The number of nitrogens with one attached hydrogen (secondary N) is 2. The van der Waals surface area contributed by atoms with Gasteiger partial charge in [0.05, 0.1) is 17.7 Å². The van der Waals surface area contributed by atoms with Gasteiger partial charge in [0.15, 0.2) is 11.8 Å². The Hall–Kier alpha value is -3.56. The number of ether oxygens (including phenoxy) is 2. The highest BCUT2D eigenvalue weighted by Gasteiger charge is 2.23. The van der Waals surface area contributed by atoms with Gasteiger partial charge in [0.1, 0.15) is 11.5 Å². The SMILES string of the molecule is COc1ccc(NC(=O)COc2ccc(/C=C3\SC(=Nc4ccc(Br)cc4)NC3=O)cc2)cc1. The van der Waals surface area contributed by atoms with Crippen LogP contribution in [0.2, 0.25) is 0 Å². The second-order valence-corrected chi connectivity index (χ2v) is 9.04. The van der Waals surface area contributed by atoms with Crippen molar-refractivity contribution in [3.63, 3.8) is 0 Å². The summed E-state index contributed by atoms with van der Waals surface area (Å²) in [5.41, 5.74) is 2.24. The molecule has 0 bridgehead atoms. The van der Waals surface area contributed by atoms with Crippen LogP contribution in [0.4, 0.5) is 11.4 Å². The van der Waals surface area contributed by atoms with Crippen molar-refractivity contribution in [2.24, 2.45) is 4.99 Å². The van der Waals surface area contributed by atoms with Crippen LogP contribution in [0.3, 0.4) is 0 Å². The molecule has 0 aromatic heterocycles. The van der Waals surface area contributed by atoms with E-state index in [4.69, 9.17) is 9.47 Å². The van der Waals surface area contributed by atoms with Crippen LogP contribution in [0.25, 0.3) is 6.08 Å². The number of hydrogen-bond acceptors (Lipinski definition) is 6. The molecule has 1 saturated heterocycles. The van der Waals surface area contributed by atoms with Crippen molar-refractivity contribution < 1.29 is 19.1 Å². The largest absolute Gasteiger partial charge is 0.497 e. The summed E-state index contributed by atoms with van der Waals surface area (Å²) in [5, 5.41) is 6.07. The first kappa shape index (κ1) is 23.6. The molecule has 7 nitrogen and oxygen atoms in total. The van der Waals surface area contributed by atoms with Gasteiger partial charge in [0.2, 0.25) is 0 Å². The van der Waals surface area contributed by atoms with Gasteiger partial charge >= 0.3 is 0 Å². The molecule has 3 aromatic rings. The van der Waals surface area contributed by atoms with E-state index in [2.05, 4.69) is 31.6 Å². The molecule has 0 atom stereocenters. The summed E-state index contributed by atoms with van der Waals surface area (Å²) in [4.78, 5) is 29.4. The van der Waals surface area contributed by atoms with Crippen molar-refractivity contribution >= 4 is 62.1 Å². The van der Waals surface area contributed by atoms with E-state index in [1.54, 1.807) is 49.6 Å². The van der Waals surface area contributed by atoms with Crippen LogP contribution in [-0.2, 0) is 9.59 Å². The number of methoxy groups -OCH3 is 1. The van der Waals surface area contributed by atoms with Crippen molar-refractivity contribution in [3.8, 4) is 11.5 Å². The van der Waals surface area contributed by atoms with Crippen LogP contribution < -0.4 is 20.1 Å². The monoisotopic (exact) mass is 537 g/mol. The molecule has 2 amide bonds. The minimum absolute atomic E-state index is 0.124. The van der Waals surface area contributed by atoms with Crippen LogP contribution in [0.1, 0.15) is 5.56 Å². The van der Waals surface area contributed by atoms with Gasteiger partial charge in [-0.25, -0.2) is 4.99 Å². The molecule has 172 valence electrons. The number of amides is 2. The van der Waals surface area contributed by atoms with Gasteiger partial charge in [-0.05, 0) is 84.1 Å². The van der Waals surface area contributed by atoms with Gasteiger partial charge in [-0.2, -0.15) is 0 Å². The van der Waals surface area contributed by atoms with E-state index in [1.165, 1.54) is 11.8 Å². The predicted molar refractivity (Wildman–Crippen MR) is 139 cm³/mol. The van der Waals surface area contributed by atoms with Crippen molar-refractivity contribution in [2.45, 2.75) is 0 Å². The molecule has 1 heterocycles. The second kappa shape index (κ2) is 11.0. The molecule has 0 spiro atoms. The number of amidine groups is 1. The fourth-order valence-electron chi connectivity index (χ4n) is 2.95. The summed E-state index contributed by atoms with van der Waals surface area (Å²) in [6, 6.07) is 21.7. The lowest BCUT2D eigenvalue weighted by Crippen LogP contribution is -2.20. The molecule has 0 saturated carbocycles. The lowest BCUT2D eigenvalue weighted by Gasteiger charge is -2.08. The number of thioether (sulfide) groups is 1. The maximum absolute atomic E-state index is 12.3. The van der Waals surface area contributed by atoms with Gasteiger partial charge in [-0.1, -0.05) is 28.1 Å². The van der Waals surface area contributed by atoms with E-state index in [0.29, 0.717) is 27.3 Å². The predicted octanol–water partition coefficient (Wildman–Crippen LogP) is 5.37. The molecule has 4 rings (SSSR count). The first-order valence-corrected chi connectivity index (χ1v) is 11.8. The third kappa shape index (κ3) is 6.49. The highest BCUT2D eigenvalue weighted by molar-refractivity contribution is 9.10. The average Bonchev–Trinajstić information content (AvgIpc) is 3.19. The van der Waals surface area contributed by atoms with E-state index in [0.717, 1.165) is 15.7 Å². The summed E-state index contributed by atoms with van der Waals surface area (Å²) in [6.45, 7) is -0.124. The molecule has 1 aliphatic rings. The Morgan fingerprint density at radius 1 is 1.03 bits per heavy atom. The lowest BCUT2D eigenvalue weighted by atomic mass is 10.2. The third-order valence-electron chi connectivity index (χ3n) is 4.63. The minimum atomic E-state index is -0.270. The first-order chi connectivity index (χ1) is 16.5. The normalized spacial score (nSPS) is 15.3. The maximum atomic E-state index is 12.3. The van der Waals surface area contributed by atoms with Gasteiger partial charge in [-0.3, -0.25) is 9.59 Å². The summed E-state index contributed by atoms with van der Waals surface area (Å²) in [5.74, 6) is 0.795. The Balaban J connectivity index is 1.31. The fraction of sp³-hybridized carbons (Fsp3) is 0.0800. The molecule has 34 heavy (non-hydrogen) atoms. The van der Waals surface area contributed by atoms with E-state index < -0.39 is 0 Å². The average molecular weight is 538 g/mol. The zero-order valence-electron chi connectivity index (χ0n) is 18.1. The molecule has 1 fully saturated rings. The van der Waals surface area contributed by atoms with Gasteiger partial charge < -0.3 is 20.1 Å². The van der Waals surface area contributed by atoms with Crippen LogP contribution >= 0.6 is 27.7 Å². The fourth-order valence-corrected chi connectivity index (χ4v) is 4.05. The van der Waals surface area contributed by atoms with Gasteiger partial charge in [0.25, 0.3) is 11.8 Å². The summed E-state index contributed by atoms with van der Waals surface area (Å²) < 4.78 is 11.6. The molecule has 9 heteroatoms. The van der Waals surface area contributed by atoms with Crippen LogP contribution in [0.15, 0.2) is 87.2 Å². The van der Waals surface area contributed by atoms with Crippen molar-refractivity contribution in [3.05, 3.63) is 87.7 Å². The number of benzene rings is 3. The number of halogens is 1. The number of carbonyl (C=O) groups excluding carboxylic acids is 2. The number of nitrogens with zero attached hydrogens (tertiary/aromatic N) is 1. The zero-order chi connectivity index (χ0) is 23.9. The molecule has 0 unspecified atom stereocenters. The van der Waals surface area contributed by atoms with E-state index in [1.807, 2.05) is 36.4 Å². The zero-order valence-corrected chi connectivity index (χ0v) is 20.5. The highest BCUT2D eigenvalue weighted by atomic mass is 79.9. The Morgan fingerprint density at radius 3 is 2.38 bits per heavy atom. The summed E-state index contributed by atoms with van der Waals surface area (Å²) >= 11 is 4.67. The number of carbonyl (C=O) groups is 2. The van der Waals surface area contributed by atoms with Gasteiger partial charge in [0, 0.05) is 10.2 Å². The maximum Gasteiger partial charge on any atom is 0.264 e. The number of anilines is 1. The topological polar surface area (TPSA) is 89.0 Å². The molecular weight excluding hydrogens is 518 g/mol. The van der Waals surface area contributed by atoms with Crippen molar-refractivity contribution in [1.29, 1.82) is 0 Å². The van der Waals surface area contributed by atoms with E-state index >= 15 is 0 Å². The van der Waals surface area contributed by atoms with Crippen LogP contribution in [0, 0.1) is 0 Å². The smallest absolute Gasteiger partial charge is 0.264 e. The highest BCUT2D eigenvalue weighted by Crippen LogP contribution is 2.29. The van der Waals surface area contributed by atoms with Crippen molar-refractivity contribution in [2.75, 3.05) is 19.0 Å². The minimum Gasteiger partial charge on any atom is -0.497 e. The van der Waals surface area contributed by atoms with Crippen LogP contribution in [-0.4, -0.2) is 30.7 Å². The standard InChI is InChI=1S/C25H20BrN3O4S/c1-32-20-12-8-18(9-13-20)27-23(30)15-33-21-10-2-16(3-11-21)14-22-24(31)29-25(34-22)28-19-6-4-17(26)5-7-19/h2-14H,15H2,1H3,(H,27,30)(H,28,29,31)/b22-14-. The molecule has 3 aromatic carbocycles. The molecule has 0 aliphatic carbocycles. The number of hydrogen-bond donors (Lipinski definition) is 2. The number of aliphatic imine (C=N–C) groups is 1. The second-order valence-electron chi connectivity index (χ2n) is 7.09. The molecule has 2 N–H and O–H groups in total. The van der Waals surface area contributed by atoms with Gasteiger partial charge in [-0.15, -0.1) is 0 Å². The molecular formula is C25H20BrN3O4S. The van der Waals surface area contributed by atoms with E-state index in [9.17, 15) is 9.59 Å². The third-order valence-corrected chi connectivity index (χ3v) is 6.07. The molecule has 1 aliphatic heterocycles. The number of rotatable bonds is 7. The Labute approximate surface area is 209 Å². The van der Waals surface area contributed by atoms with E-state index in [-0.39, 0.29) is 18.4 Å². The quantitative estimate of drug-likeness (QED) is 0.395. The summed E-state index contributed by atoms with van der Waals surface area (Å²) in [6.07, 6.45) is 1.78. The van der Waals surface area contributed by atoms with Crippen molar-refractivity contribution in [1.82, 2.24) is 5.32 Å². The first-order valence-electron chi connectivity index (χ1n) is 10.2. The lowest BCUT2D eigenvalue weighted by molar-refractivity contribution is -0.118. The molecule has 0 radical (unpaired) electrons. The van der Waals surface area contributed by atoms with Crippen LogP contribution in [0.5, 0.6) is 11.5 Å². The Kier molecular flexibility index (Phi) is 7.66.